The number of carbonyl (C=O) groups excluding carboxylic acids is 3. The maximum Gasteiger partial charge on any atom is 0.335 e. The Hall–Kier alpha value is -4.91. The molecular formula is C30H25N3O4. The van der Waals surface area contributed by atoms with E-state index in [9.17, 15) is 14.4 Å². The summed E-state index contributed by atoms with van der Waals surface area (Å²) in [5.41, 5.74) is 4.50. The van der Waals surface area contributed by atoms with Crippen LogP contribution in [0.15, 0.2) is 96.6 Å². The molecule has 0 atom stereocenters. The van der Waals surface area contributed by atoms with Crippen molar-refractivity contribution in [3.8, 4) is 22.7 Å². The normalized spacial score (nSPS) is 14.7. The van der Waals surface area contributed by atoms with Crippen molar-refractivity contribution >= 4 is 29.6 Å². The van der Waals surface area contributed by atoms with Gasteiger partial charge in [-0.25, -0.2) is 9.69 Å². The van der Waals surface area contributed by atoms with Crippen molar-refractivity contribution in [2.45, 2.75) is 13.8 Å². The zero-order valence-corrected chi connectivity index (χ0v) is 20.5. The van der Waals surface area contributed by atoms with E-state index < -0.39 is 17.8 Å². The van der Waals surface area contributed by atoms with E-state index in [2.05, 4.69) is 9.88 Å². The van der Waals surface area contributed by atoms with Crippen molar-refractivity contribution in [2.24, 2.45) is 0 Å². The van der Waals surface area contributed by atoms with Crippen LogP contribution in [0.25, 0.3) is 23.0 Å². The van der Waals surface area contributed by atoms with Crippen LogP contribution in [-0.2, 0) is 9.59 Å². The first-order valence-corrected chi connectivity index (χ1v) is 12.0. The molecular weight excluding hydrogens is 466 g/mol. The molecule has 1 aromatic heterocycles. The van der Waals surface area contributed by atoms with Gasteiger partial charge in [0.2, 0.25) is 0 Å². The number of nitrogens with one attached hydrogen (secondary N) is 1. The van der Waals surface area contributed by atoms with Crippen LogP contribution in [0.2, 0.25) is 0 Å². The fraction of sp³-hybridized carbons (Fsp3) is 0.100. The predicted octanol–water partition coefficient (Wildman–Crippen LogP) is 5.52. The summed E-state index contributed by atoms with van der Waals surface area (Å²) in [6.07, 6.45) is 1.55. The average molecular weight is 492 g/mol. The van der Waals surface area contributed by atoms with Gasteiger partial charge in [0.25, 0.3) is 11.8 Å². The van der Waals surface area contributed by atoms with E-state index in [4.69, 9.17) is 4.74 Å². The number of barbiturate groups is 1. The molecule has 1 saturated heterocycles. The molecule has 184 valence electrons. The molecule has 1 aliphatic rings. The summed E-state index contributed by atoms with van der Waals surface area (Å²) in [4.78, 5) is 40.1. The molecule has 0 radical (unpaired) electrons. The SMILES string of the molecule is CCOc1cccc(N2C(=O)NC(=O)/C(=C\c3cc(C)n(-c4ccccc4)c3-c3ccccc3)C2=O)c1. The van der Waals surface area contributed by atoms with E-state index in [1.165, 1.54) is 0 Å². The number of aromatic nitrogens is 1. The molecule has 0 spiro atoms. The van der Waals surface area contributed by atoms with Crippen LogP contribution in [0.4, 0.5) is 10.5 Å². The Kier molecular flexibility index (Phi) is 6.43. The lowest BCUT2D eigenvalue weighted by Crippen LogP contribution is -2.54. The first-order valence-electron chi connectivity index (χ1n) is 12.0. The number of hydrogen-bond acceptors (Lipinski definition) is 4. The van der Waals surface area contributed by atoms with Gasteiger partial charge in [-0.2, -0.15) is 0 Å². The molecule has 5 rings (SSSR count). The highest BCUT2D eigenvalue weighted by Crippen LogP contribution is 2.33. The summed E-state index contributed by atoms with van der Waals surface area (Å²) in [6, 6.07) is 27.4. The first kappa shape index (κ1) is 23.8. The summed E-state index contributed by atoms with van der Waals surface area (Å²) < 4.78 is 7.60. The smallest absolute Gasteiger partial charge is 0.335 e. The number of ether oxygens (including phenoxy) is 1. The van der Waals surface area contributed by atoms with Crippen LogP contribution in [0.5, 0.6) is 5.75 Å². The Morgan fingerprint density at radius 1 is 0.838 bits per heavy atom. The average Bonchev–Trinajstić information content (AvgIpc) is 3.23. The minimum atomic E-state index is -0.804. The van der Waals surface area contributed by atoms with Crippen molar-refractivity contribution < 1.29 is 19.1 Å². The molecule has 0 unspecified atom stereocenters. The highest BCUT2D eigenvalue weighted by atomic mass is 16.5. The third kappa shape index (κ3) is 4.54. The van der Waals surface area contributed by atoms with Crippen molar-refractivity contribution in [1.29, 1.82) is 0 Å². The molecule has 3 aromatic carbocycles. The van der Waals surface area contributed by atoms with Crippen molar-refractivity contribution in [2.75, 3.05) is 11.5 Å². The molecule has 1 aliphatic heterocycles. The Morgan fingerprint density at radius 2 is 1.51 bits per heavy atom. The lowest BCUT2D eigenvalue weighted by atomic mass is 10.0. The first-order chi connectivity index (χ1) is 18.0. The Balaban J connectivity index is 1.64. The topological polar surface area (TPSA) is 80.6 Å². The van der Waals surface area contributed by atoms with E-state index in [0.29, 0.717) is 23.6 Å². The van der Waals surface area contributed by atoms with Gasteiger partial charge >= 0.3 is 6.03 Å². The fourth-order valence-corrected chi connectivity index (χ4v) is 4.50. The van der Waals surface area contributed by atoms with E-state index in [0.717, 1.165) is 27.5 Å². The number of benzene rings is 3. The van der Waals surface area contributed by atoms with Crippen molar-refractivity contribution in [3.63, 3.8) is 0 Å². The zero-order chi connectivity index (χ0) is 25.9. The summed E-state index contributed by atoms with van der Waals surface area (Å²) in [5.74, 6) is -0.923. The Labute approximate surface area is 214 Å². The van der Waals surface area contributed by atoms with E-state index >= 15 is 0 Å². The van der Waals surface area contributed by atoms with E-state index in [1.54, 1.807) is 30.3 Å². The van der Waals surface area contributed by atoms with Gasteiger partial charge in [0.05, 0.1) is 18.0 Å². The third-order valence-electron chi connectivity index (χ3n) is 6.06. The van der Waals surface area contributed by atoms with Crippen LogP contribution in [0.3, 0.4) is 0 Å². The monoisotopic (exact) mass is 491 g/mol. The zero-order valence-electron chi connectivity index (χ0n) is 20.5. The van der Waals surface area contributed by atoms with Gasteiger partial charge in [0.15, 0.2) is 0 Å². The molecule has 4 aromatic rings. The minimum absolute atomic E-state index is 0.135. The number of carbonyl (C=O) groups is 3. The van der Waals surface area contributed by atoms with Gasteiger partial charge in [-0.3, -0.25) is 14.9 Å². The largest absolute Gasteiger partial charge is 0.494 e. The number of urea groups is 1. The standard InChI is InChI=1S/C30H25N3O4/c1-3-37-25-16-10-15-24(19-25)33-29(35)26(28(34)31-30(33)36)18-22-17-20(2)32(23-13-8-5-9-14-23)27(22)21-11-6-4-7-12-21/h4-19H,3H2,1-2H3,(H,31,34,36)/b26-18+. The number of para-hydroxylation sites is 1. The van der Waals surface area contributed by atoms with Gasteiger partial charge in [-0.15, -0.1) is 0 Å². The maximum absolute atomic E-state index is 13.6. The Morgan fingerprint density at radius 3 is 2.22 bits per heavy atom. The number of imide groups is 2. The highest BCUT2D eigenvalue weighted by Gasteiger charge is 2.37. The van der Waals surface area contributed by atoms with E-state index in [-0.39, 0.29) is 5.57 Å². The number of rotatable bonds is 6. The number of aryl methyl sites for hydroxylation is 1. The quantitative estimate of drug-likeness (QED) is 0.285. The fourth-order valence-electron chi connectivity index (χ4n) is 4.50. The molecule has 4 amide bonds. The number of amides is 4. The molecule has 0 aliphatic carbocycles. The number of hydrogen-bond donors (Lipinski definition) is 1. The molecule has 1 N–H and O–H groups in total. The third-order valence-corrected chi connectivity index (χ3v) is 6.06. The van der Waals surface area contributed by atoms with Gasteiger partial charge in [-0.05, 0) is 55.8 Å². The predicted molar refractivity (Wildman–Crippen MR) is 143 cm³/mol. The number of anilines is 1. The van der Waals surface area contributed by atoms with Crippen molar-refractivity contribution in [1.82, 2.24) is 9.88 Å². The van der Waals surface area contributed by atoms with Crippen LogP contribution < -0.4 is 15.0 Å². The molecule has 0 saturated carbocycles. The summed E-state index contributed by atoms with van der Waals surface area (Å²) in [5, 5.41) is 2.30. The lowest BCUT2D eigenvalue weighted by molar-refractivity contribution is -0.122. The van der Waals surface area contributed by atoms with Crippen LogP contribution in [0.1, 0.15) is 18.2 Å². The molecule has 37 heavy (non-hydrogen) atoms. The maximum atomic E-state index is 13.6. The lowest BCUT2D eigenvalue weighted by Gasteiger charge is -2.26. The molecule has 0 bridgehead atoms. The molecule has 1 fully saturated rings. The molecule has 7 heteroatoms. The summed E-state index contributed by atoms with van der Waals surface area (Å²) in [6.45, 7) is 4.26. The van der Waals surface area contributed by atoms with E-state index in [1.807, 2.05) is 80.6 Å². The second-order valence-corrected chi connectivity index (χ2v) is 8.51. The summed E-state index contributed by atoms with van der Waals surface area (Å²) in [7, 11) is 0. The van der Waals surface area contributed by atoms with Crippen molar-refractivity contribution in [3.05, 3.63) is 108 Å². The van der Waals surface area contributed by atoms with Crippen LogP contribution in [-0.4, -0.2) is 29.0 Å². The second kappa shape index (κ2) is 9.99. The molecule has 7 nitrogen and oxygen atoms in total. The minimum Gasteiger partial charge on any atom is -0.494 e. The van der Waals surface area contributed by atoms with Crippen LogP contribution >= 0.6 is 0 Å². The number of nitrogens with zero attached hydrogens (tertiary/aromatic N) is 2. The van der Waals surface area contributed by atoms with Gasteiger partial charge in [-0.1, -0.05) is 54.6 Å². The second-order valence-electron chi connectivity index (χ2n) is 8.51. The summed E-state index contributed by atoms with van der Waals surface area (Å²) >= 11 is 0. The van der Waals surface area contributed by atoms with Crippen LogP contribution in [0, 0.1) is 6.92 Å². The van der Waals surface area contributed by atoms with Gasteiger partial charge in [0.1, 0.15) is 11.3 Å². The Bertz CT molecular complexity index is 1520. The molecule has 2 heterocycles. The van der Waals surface area contributed by atoms with Gasteiger partial charge < -0.3 is 9.30 Å². The highest BCUT2D eigenvalue weighted by molar-refractivity contribution is 6.39. The van der Waals surface area contributed by atoms with Gasteiger partial charge in [0, 0.05) is 23.0 Å².